The molecule has 2 saturated carbocycles. The van der Waals surface area contributed by atoms with Gasteiger partial charge in [-0.15, -0.1) is 0 Å². The first kappa shape index (κ1) is 40.6. The SMILES string of the molecule is C.CC.CCCCC1CC1.CNCC1CC1.Cc1cc(C(=O)NCCc2cc3c(c(-c4ccc(F)cc4)n2)OCC3)ccc1OC(F)F. The number of carbonyl (C=O) groups is 1. The molecule has 9 heteroatoms. The molecule has 0 atom stereocenters. The van der Waals surface area contributed by atoms with E-state index in [2.05, 4.69) is 27.3 Å². The van der Waals surface area contributed by atoms with Crippen LogP contribution in [-0.4, -0.2) is 44.2 Å². The fourth-order valence-corrected chi connectivity index (χ4v) is 5.12. The summed E-state index contributed by atoms with van der Waals surface area (Å²) < 4.78 is 48.2. The molecule has 0 unspecified atom stereocenters. The number of halogens is 3. The molecule has 0 bridgehead atoms. The van der Waals surface area contributed by atoms with Crippen LogP contribution < -0.4 is 20.1 Å². The number of hydrogen-bond donors (Lipinski definition) is 2. The van der Waals surface area contributed by atoms with E-state index >= 15 is 0 Å². The number of nitrogens with one attached hydrogen (secondary N) is 2. The first-order valence-corrected chi connectivity index (χ1v) is 17.2. The molecule has 6 rings (SSSR count). The molecule has 1 amide bonds. The highest BCUT2D eigenvalue weighted by molar-refractivity contribution is 5.94. The van der Waals surface area contributed by atoms with Crippen molar-refractivity contribution in [3.63, 3.8) is 0 Å². The van der Waals surface area contributed by atoms with Gasteiger partial charge in [0.05, 0.1) is 6.61 Å². The molecule has 3 aliphatic rings. The number of ether oxygens (including phenoxy) is 2. The lowest BCUT2D eigenvalue weighted by Crippen LogP contribution is -2.26. The third-order valence-corrected chi connectivity index (χ3v) is 8.01. The Morgan fingerprint density at radius 1 is 1.04 bits per heavy atom. The average molecular weight is 672 g/mol. The fraction of sp³-hybridized carbons (Fsp3) is 0.538. The summed E-state index contributed by atoms with van der Waals surface area (Å²) in [6.45, 7) is 7.08. The van der Waals surface area contributed by atoms with Crippen LogP contribution in [-0.2, 0) is 12.8 Å². The van der Waals surface area contributed by atoms with E-state index in [-0.39, 0.29) is 24.9 Å². The molecule has 2 heterocycles. The van der Waals surface area contributed by atoms with Crippen LogP contribution in [0.2, 0.25) is 0 Å². The highest BCUT2D eigenvalue weighted by Crippen LogP contribution is 2.36. The van der Waals surface area contributed by atoms with Crippen molar-refractivity contribution >= 4 is 5.91 Å². The molecule has 2 aliphatic carbocycles. The predicted octanol–water partition coefficient (Wildman–Crippen LogP) is 9.57. The minimum absolute atomic E-state index is 0. The summed E-state index contributed by atoms with van der Waals surface area (Å²) in [6.07, 6.45) is 11.6. The highest BCUT2D eigenvalue weighted by atomic mass is 19.3. The van der Waals surface area contributed by atoms with E-state index in [1.165, 1.54) is 81.8 Å². The number of benzene rings is 2. The van der Waals surface area contributed by atoms with Crippen LogP contribution in [0, 0.1) is 24.6 Å². The number of pyridine rings is 1. The summed E-state index contributed by atoms with van der Waals surface area (Å²) in [5, 5.41) is 5.95. The van der Waals surface area contributed by atoms with Gasteiger partial charge in [-0.2, -0.15) is 8.78 Å². The zero-order valence-corrected chi connectivity index (χ0v) is 28.6. The first-order valence-electron chi connectivity index (χ1n) is 17.2. The van der Waals surface area contributed by atoms with Gasteiger partial charge in [0, 0.05) is 41.8 Å². The van der Waals surface area contributed by atoms with Crippen molar-refractivity contribution in [1.82, 2.24) is 15.6 Å². The lowest BCUT2D eigenvalue weighted by Gasteiger charge is -2.12. The van der Waals surface area contributed by atoms with E-state index in [9.17, 15) is 18.0 Å². The van der Waals surface area contributed by atoms with Gasteiger partial charge in [0.1, 0.15) is 23.0 Å². The number of alkyl halides is 2. The van der Waals surface area contributed by atoms with Crippen LogP contribution in [0.3, 0.4) is 0 Å². The smallest absolute Gasteiger partial charge is 0.387 e. The number of aryl methyl sites for hydroxylation is 1. The molecule has 1 aliphatic heterocycles. The second kappa shape index (κ2) is 21.4. The van der Waals surface area contributed by atoms with Crippen molar-refractivity contribution in [3.8, 4) is 22.8 Å². The molecule has 2 fully saturated rings. The number of carbonyl (C=O) groups excluding carboxylic acids is 1. The van der Waals surface area contributed by atoms with Crippen LogP contribution in [0.4, 0.5) is 13.2 Å². The largest absolute Gasteiger partial charge is 0.491 e. The summed E-state index contributed by atoms with van der Waals surface area (Å²) in [5.41, 5.74) is 4.04. The molecule has 0 saturated heterocycles. The molecule has 0 spiro atoms. The Labute approximate surface area is 286 Å². The van der Waals surface area contributed by atoms with E-state index in [0.29, 0.717) is 42.1 Å². The fourth-order valence-electron chi connectivity index (χ4n) is 5.12. The van der Waals surface area contributed by atoms with Gasteiger partial charge in [-0.05, 0) is 99.3 Å². The molecule has 48 heavy (non-hydrogen) atoms. The van der Waals surface area contributed by atoms with Crippen molar-refractivity contribution in [2.75, 3.05) is 26.7 Å². The molecule has 2 N–H and O–H groups in total. The Morgan fingerprint density at radius 2 is 1.73 bits per heavy atom. The van der Waals surface area contributed by atoms with Gasteiger partial charge in [0.25, 0.3) is 5.91 Å². The molecule has 266 valence electrons. The Kier molecular flexibility index (Phi) is 18.1. The predicted molar refractivity (Wildman–Crippen MR) is 190 cm³/mol. The number of aromatic nitrogens is 1. The van der Waals surface area contributed by atoms with E-state index in [1.807, 2.05) is 27.0 Å². The van der Waals surface area contributed by atoms with Gasteiger partial charge in [-0.25, -0.2) is 9.37 Å². The maximum Gasteiger partial charge on any atom is 0.387 e. The monoisotopic (exact) mass is 671 g/mol. The van der Waals surface area contributed by atoms with Gasteiger partial charge in [-0.3, -0.25) is 4.79 Å². The maximum absolute atomic E-state index is 13.3. The van der Waals surface area contributed by atoms with Gasteiger partial charge in [-0.1, -0.05) is 60.3 Å². The second-order valence-corrected chi connectivity index (χ2v) is 12.0. The molecular weight excluding hydrogens is 615 g/mol. The summed E-state index contributed by atoms with van der Waals surface area (Å²) >= 11 is 0. The Bertz CT molecular complexity index is 1380. The zero-order valence-electron chi connectivity index (χ0n) is 28.6. The van der Waals surface area contributed by atoms with Crippen molar-refractivity contribution < 1.29 is 27.4 Å². The topological polar surface area (TPSA) is 72.5 Å². The van der Waals surface area contributed by atoms with Gasteiger partial charge < -0.3 is 20.1 Å². The molecule has 6 nitrogen and oxygen atoms in total. The normalized spacial score (nSPS) is 14.0. The maximum atomic E-state index is 13.3. The number of unbranched alkanes of at least 4 members (excludes halogenated alkanes) is 1. The van der Waals surface area contributed by atoms with Crippen LogP contribution in [0.5, 0.6) is 11.5 Å². The standard InChI is InChI=1S/C24H21F3N2O3.C7H14.C5H11N.C2H6.CH4/c1-14-12-17(4-7-20(14)32-24(26)27)23(30)28-10-8-19-13-16-9-11-31-22(16)21(29-19)15-2-5-18(25)6-3-15;1-2-3-4-7-5-6-7;1-6-4-5-2-3-5;1-2;/h2-7,12-13,24H,8-11H2,1H3,(H,28,30);7H,2-6H2,1H3;5-6H,2-4H2,1H3;1-2H3;1H4. The summed E-state index contributed by atoms with van der Waals surface area (Å²) in [6, 6.07) is 12.3. The molecule has 0 radical (unpaired) electrons. The first-order chi connectivity index (χ1) is 22.8. The number of hydrogen-bond acceptors (Lipinski definition) is 5. The summed E-state index contributed by atoms with van der Waals surface area (Å²) in [7, 11) is 2.01. The minimum Gasteiger partial charge on any atom is -0.491 e. The molecular formula is C39H56F3N3O3. The summed E-state index contributed by atoms with van der Waals surface area (Å²) in [5.74, 6) is 2.30. The summed E-state index contributed by atoms with van der Waals surface area (Å²) in [4.78, 5) is 17.1. The van der Waals surface area contributed by atoms with Gasteiger partial charge in [0.15, 0.2) is 0 Å². The number of fused-ring (bicyclic) bond motifs is 1. The highest BCUT2D eigenvalue weighted by Gasteiger charge is 2.21. The van der Waals surface area contributed by atoms with E-state index < -0.39 is 6.61 Å². The average Bonchev–Trinajstić information content (AvgIpc) is 4.01. The van der Waals surface area contributed by atoms with Crippen molar-refractivity contribution in [2.24, 2.45) is 11.8 Å². The molecule has 2 aromatic carbocycles. The number of nitrogens with zero attached hydrogens (tertiary/aromatic N) is 1. The Hall–Kier alpha value is -3.59. The second-order valence-electron chi connectivity index (χ2n) is 12.0. The van der Waals surface area contributed by atoms with Crippen LogP contribution >= 0.6 is 0 Å². The van der Waals surface area contributed by atoms with E-state index in [4.69, 9.17) is 4.74 Å². The number of rotatable bonds is 12. The van der Waals surface area contributed by atoms with Crippen LogP contribution in [0.1, 0.15) is 100 Å². The molecule has 3 aromatic rings. The van der Waals surface area contributed by atoms with E-state index in [1.54, 1.807) is 19.1 Å². The van der Waals surface area contributed by atoms with E-state index in [0.717, 1.165) is 35.1 Å². The van der Waals surface area contributed by atoms with Crippen molar-refractivity contribution in [2.45, 2.75) is 99.5 Å². The van der Waals surface area contributed by atoms with Crippen molar-refractivity contribution in [1.29, 1.82) is 0 Å². The Balaban J connectivity index is 0.000000412. The zero-order chi connectivity index (χ0) is 34.2. The lowest BCUT2D eigenvalue weighted by molar-refractivity contribution is -0.0502. The third kappa shape index (κ3) is 13.9. The van der Waals surface area contributed by atoms with Crippen LogP contribution in [0.25, 0.3) is 11.3 Å². The van der Waals surface area contributed by atoms with Crippen molar-refractivity contribution in [3.05, 3.63) is 76.7 Å². The Morgan fingerprint density at radius 3 is 2.29 bits per heavy atom. The minimum atomic E-state index is -2.92. The molecule has 1 aromatic heterocycles. The lowest BCUT2D eigenvalue weighted by atomic mass is 10.0. The number of amides is 1. The van der Waals surface area contributed by atoms with Gasteiger partial charge >= 0.3 is 6.61 Å². The quantitative estimate of drug-likeness (QED) is 0.201. The third-order valence-electron chi connectivity index (χ3n) is 8.01. The van der Waals surface area contributed by atoms with Gasteiger partial charge in [0.2, 0.25) is 0 Å². The van der Waals surface area contributed by atoms with Crippen LogP contribution in [0.15, 0.2) is 48.5 Å².